The van der Waals surface area contributed by atoms with Gasteiger partial charge in [-0.25, -0.2) is 4.68 Å². The standard InChI is InChI=1S/C24H25N3O2/c1-13-6-8-18(10-15(13)3)23(29)20-12-21(28)25-24-22(20)17(5)26-27(24)19-9-7-14(2)16(4)11-19/h6-11,20H,12H2,1-5H3,(H,25,28)/t20-/m1/s1. The SMILES string of the molecule is Cc1ccc(C(=O)[C@@H]2CC(=O)Nc3c2c(C)nn3-c2ccc(C)c(C)c2)cc1C. The van der Waals surface area contributed by atoms with E-state index >= 15 is 0 Å². The van der Waals surface area contributed by atoms with Gasteiger partial charge < -0.3 is 5.32 Å². The number of Topliss-reactive ketones (excluding diaryl/α,β-unsaturated/α-hetero) is 1. The van der Waals surface area contributed by atoms with Crippen LogP contribution in [0.3, 0.4) is 0 Å². The Balaban J connectivity index is 1.82. The molecule has 2 aromatic carbocycles. The second-order valence-electron chi connectivity index (χ2n) is 8.00. The smallest absolute Gasteiger partial charge is 0.226 e. The zero-order valence-electron chi connectivity index (χ0n) is 17.5. The minimum absolute atomic E-state index is 0.0352. The fourth-order valence-corrected chi connectivity index (χ4v) is 3.91. The summed E-state index contributed by atoms with van der Waals surface area (Å²) in [5.74, 6) is -0.123. The number of rotatable bonds is 3. The topological polar surface area (TPSA) is 64.0 Å². The number of hydrogen-bond donors (Lipinski definition) is 1. The van der Waals surface area contributed by atoms with Crippen molar-refractivity contribution in [1.29, 1.82) is 0 Å². The Kier molecular flexibility index (Phi) is 4.61. The predicted molar refractivity (Wildman–Crippen MR) is 114 cm³/mol. The van der Waals surface area contributed by atoms with E-state index < -0.39 is 5.92 Å². The summed E-state index contributed by atoms with van der Waals surface area (Å²) < 4.78 is 1.74. The van der Waals surface area contributed by atoms with E-state index in [0.717, 1.165) is 33.6 Å². The summed E-state index contributed by atoms with van der Waals surface area (Å²) in [5, 5.41) is 7.62. The molecule has 0 aliphatic carbocycles. The summed E-state index contributed by atoms with van der Waals surface area (Å²) in [5.41, 5.74) is 7.63. The molecule has 0 radical (unpaired) electrons. The van der Waals surface area contributed by atoms with Gasteiger partial charge in [0.25, 0.3) is 0 Å². The van der Waals surface area contributed by atoms with Crippen LogP contribution >= 0.6 is 0 Å². The van der Waals surface area contributed by atoms with E-state index in [4.69, 9.17) is 0 Å². The van der Waals surface area contributed by atoms with Crippen LogP contribution in [0.4, 0.5) is 5.82 Å². The van der Waals surface area contributed by atoms with Crippen molar-refractivity contribution in [3.63, 3.8) is 0 Å². The highest BCUT2D eigenvalue weighted by molar-refractivity contribution is 6.08. The summed E-state index contributed by atoms with van der Waals surface area (Å²) in [7, 11) is 0. The second kappa shape index (κ2) is 6.99. The predicted octanol–water partition coefficient (Wildman–Crippen LogP) is 4.72. The van der Waals surface area contributed by atoms with Gasteiger partial charge in [-0.2, -0.15) is 5.10 Å². The maximum absolute atomic E-state index is 13.4. The average Bonchev–Trinajstić information content (AvgIpc) is 3.01. The molecule has 1 aliphatic heterocycles. The first-order valence-corrected chi connectivity index (χ1v) is 9.84. The lowest BCUT2D eigenvalue weighted by atomic mass is 9.85. The largest absolute Gasteiger partial charge is 0.310 e. The number of benzene rings is 2. The van der Waals surface area contributed by atoms with Crippen LogP contribution in [-0.4, -0.2) is 21.5 Å². The number of carbonyl (C=O) groups excluding carboxylic acids is 2. The molecule has 1 aromatic heterocycles. The van der Waals surface area contributed by atoms with E-state index in [1.165, 1.54) is 5.56 Å². The summed E-state index contributed by atoms with van der Waals surface area (Å²) in [6, 6.07) is 11.8. The van der Waals surface area contributed by atoms with Gasteiger partial charge in [0.1, 0.15) is 5.82 Å². The maximum atomic E-state index is 13.4. The molecule has 0 spiro atoms. The zero-order chi connectivity index (χ0) is 20.9. The molecule has 3 aromatic rings. The normalized spacial score (nSPS) is 15.8. The molecule has 0 fully saturated rings. The monoisotopic (exact) mass is 387 g/mol. The van der Waals surface area contributed by atoms with Gasteiger partial charge in [-0.1, -0.05) is 18.2 Å². The molecule has 148 valence electrons. The Morgan fingerprint density at radius 1 is 0.966 bits per heavy atom. The summed E-state index contributed by atoms with van der Waals surface area (Å²) in [6.07, 6.45) is 0.137. The highest BCUT2D eigenvalue weighted by Gasteiger charge is 2.36. The number of nitrogens with one attached hydrogen (secondary N) is 1. The van der Waals surface area contributed by atoms with Gasteiger partial charge in [0.05, 0.1) is 17.3 Å². The number of aryl methyl sites for hydroxylation is 5. The Bertz CT molecular complexity index is 1160. The molecule has 0 saturated carbocycles. The first-order valence-electron chi connectivity index (χ1n) is 9.84. The van der Waals surface area contributed by atoms with Crippen molar-refractivity contribution < 1.29 is 9.59 Å². The third-order valence-corrected chi connectivity index (χ3v) is 5.95. The molecule has 5 nitrogen and oxygen atoms in total. The molecule has 1 N–H and O–H groups in total. The highest BCUT2D eigenvalue weighted by Crippen LogP contribution is 2.38. The van der Waals surface area contributed by atoms with Crippen LogP contribution in [-0.2, 0) is 4.79 Å². The van der Waals surface area contributed by atoms with E-state index in [0.29, 0.717) is 11.4 Å². The van der Waals surface area contributed by atoms with Gasteiger partial charge in [0.2, 0.25) is 5.91 Å². The zero-order valence-corrected chi connectivity index (χ0v) is 17.5. The molecule has 5 heteroatoms. The number of fused-ring (bicyclic) bond motifs is 1. The Morgan fingerprint density at radius 3 is 2.28 bits per heavy atom. The maximum Gasteiger partial charge on any atom is 0.226 e. The second-order valence-corrected chi connectivity index (χ2v) is 8.00. The summed E-state index contributed by atoms with van der Waals surface area (Å²) in [4.78, 5) is 25.9. The number of anilines is 1. The summed E-state index contributed by atoms with van der Waals surface area (Å²) >= 11 is 0. The molecular weight excluding hydrogens is 362 g/mol. The van der Waals surface area contributed by atoms with Gasteiger partial charge in [-0.3, -0.25) is 9.59 Å². The third-order valence-electron chi connectivity index (χ3n) is 5.95. The van der Waals surface area contributed by atoms with Crippen LogP contribution in [0.5, 0.6) is 0 Å². The van der Waals surface area contributed by atoms with Gasteiger partial charge in [0, 0.05) is 17.5 Å². The summed E-state index contributed by atoms with van der Waals surface area (Å²) in [6.45, 7) is 10.0. The fourth-order valence-electron chi connectivity index (χ4n) is 3.91. The first kappa shape index (κ1) is 19.1. The van der Waals surface area contributed by atoms with E-state index in [-0.39, 0.29) is 18.1 Å². The molecule has 2 heterocycles. The van der Waals surface area contributed by atoms with Gasteiger partial charge in [0.15, 0.2) is 5.78 Å². The van der Waals surface area contributed by atoms with Crippen molar-refractivity contribution in [2.75, 3.05) is 5.32 Å². The molecular formula is C24H25N3O2. The third kappa shape index (κ3) is 3.27. The number of nitrogens with zero attached hydrogens (tertiary/aromatic N) is 2. The van der Waals surface area contributed by atoms with Crippen LogP contribution < -0.4 is 5.32 Å². The number of amides is 1. The molecule has 1 atom stereocenters. The fraction of sp³-hybridized carbons (Fsp3) is 0.292. The lowest BCUT2D eigenvalue weighted by Gasteiger charge is -2.23. The quantitative estimate of drug-likeness (QED) is 0.661. The lowest BCUT2D eigenvalue weighted by molar-refractivity contribution is -0.116. The van der Waals surface area contributed by atoms with Crippen molar-refractivity contribution >= 4 is 17.5 Å². The van der Waals surface area contributed by atoms with Crippen molar-refractivity contribution in [2.45, 2.75) is 47.0 Å². The molecule has 0 saturated heterocycles. The number of ketones is 1. The Hall–Kier alpha value is -3.21. The van der Waals surface area contributed by atoms with Crippen molar-refractivity contribution in [3.05, 3.63) is 75.5 Å². The average molecular weight is 387 g/mol. The van der Waals surface area contributed by atoms with E-state index in [2.05, 4.69) is 17.3 Å². The first-order chi connectivity index (χ1) is 13.8. The number of aromatic nitrogens is 2. The molecule has 4 rings (SSSR count). The number of carbonyl (C=O) groups is 2. The van der Waals surface area contributed by atoms with Crippen LogP contribution in [0.1, 0.15) is 56.2 Å². The van der Waals surface area contributed by atoms with Crippen LogP contribution in [0.25, 0.3) is 5.69 Å². The van der Waals surface area contributed by atoms with E-state index in [1.54, 1.807) is 4.68 Å². The van der Waals surface area contributed by atoms with Crippen molar-refractivity contribution in [3.8, 4) is 5.69 Å². The minimum atomic E-state index is -0.527. The molecule has 29 heavy (non-hydrogen) atoms. The van der Waals surface area contributed by atoms with E-state index in [9.17, 15) is 9.59 Å². The van der Waals surface area contributed by atoms with Gasteiger partial charge >= 0.3 is 0 Å². The molecule has 0 bridgehead atoms. The van der Waals surface area contributed by atoms with Crippen LogP contribution in [0, 0.1) is 34.6 Å². The van der Waals surface area contributed by atoms with Crippen LogP contribution in [0.15, 0.2) is 36.4 Å². The molecule has 1 amide bonds. The Morgan fingerprint density at radius 2 is 1.62 bits per heavy atom. The van der Waals surface area contributed by atoms with Gasteiger partial charge in [-0.15, -0.1) is 0 Å². The Labute approximate surface area is 170 Å². The lowest BCUT2D eigenvalue weighted by Crippen LogP contribution is -2.28. The minimum Gasteiger partial charge on any atom is -0.310 e. The van der Waals surface area contributed by atoms with E-state index in [1.807, 2.05) is 64.1 Å². The van der Waals surface area contributed by atoms with Crippen molar-refractivity contribution in [2.24, 2.45) is 0 Å². The highest BCUT2D eigenvalue weighted by atomic mass is 16.2. The molecule has 0 unspecified atom stereocenters. The van der Waals surface area contributed by atoms with Crippen LogP contribution in [0.2, 0.25) is 0 Å². The number of hydrogen-bond acceptors (Lipinski definition) is 3. The van der Waals surface area contributed by atoms with Gasteiger partial charge in [-0.05, 0) is 75.1 Å². The van der Waals surface area contributed by atoms with Crippen molar-refractivity contribution in [1.82, 2.24) is 9.78 Å². The molecule has 1 aliphatic rings.